The van der Waals surface area contributed by atoms with Crippen LogP contribution in [0.4, 0.5) is 10.5 Å². The van der Waals surface area contributed by atoms with Gasteiger partial charge in [-0.05, 0) is 30.0 Å². The molecule has 1 aromatic carbocycles. The molecule has 0 aliphatic rings. The fraction of sp³-hybridized carbons (Fsp3) is 0.500. The van der Waals surface area contributed by atoms with Crippen LogP contribution in [0.5, 0.6) is 0 Å². The van der Waals surface area contributed by atoms with Gasteiger partial charge in [0.05, 0.1) is 0 Å². The average molecular weight is 269 g/mol. The highest BCUT2D eigenvalue weighted by atomic mass is 35.5. The quantitative estimate of drug-likeness (QED) is 0.780. The predicted molar refractivity (Wildman–Crippen MR) is 77.5 cm³/mol. The van der Waals surface area contributed by atoms with Crippen molar-refractivity contribution in [3.05, 3.63) is 29.8 Å². The van der Waals surface area contributed by atoms with Crippen molar-refractivity contribution < 1.29 is 4.79 Å². The van der Waals surface area contributed by atoms with Crippen molar-refractivity contribution >= 4 is 23.3 Å². The molecule has 0 saturated heterocycles. The molecule has 0 heterocycles. The lowest BCUT2D eigenvalue weighted by Gasteiger charge is -2.15. The Morgan fingerprint density at radius 2 is 1.89 bits per heavy atom. The van der Waals surface area contributed by atoms with E-state index in [1.165, 1.54) is 5.56 Å². The third-order valence-corrected chi connectivity index (χ3v) is 3.22. The molecule has 1 rings (SSSR count). The molecule has 3 nitrogen and oxygen atoms in total. The smallest absolute Gasteiger partial charge is 0.319 e. The van der Waals surface area contributed by atoms with Crippen LogP contribution in [0.2, 0.25) is 0 Å². The maximum atomic E-state index is 11.7. The molecule has 2 amide bonds. The van der Waals surface area contributed by atoms with E-state index in [2.05, 4.69) is 24.5 Å². The number of anilines is 1. The number of hydrogen-bond donors (Lipinski definition) is 2. The summed E-state index contributed by atoms with van der Waals surface area (Å²) in [6.07, 6.45) is 0.823. The Morgan fingerprint density at radius 1 is 1.28 bits per heavy atom. The molecule has 0 aliphatic carbocycles. The zero-order chi connectivity index (χ0) is 13.5. The summed E-state index contributed by atoms with van der Waals surface area (Å²) in [7, 11) is 0. The molecule has 0 spiro atoms. The minimum atomic E-state index is -0.209. The molecule has 0 unspecified atom stereocenters. The lowest BCUT2D eigenvalue weighted by Crippen LogP contribution is -2.38. The summed E-state index contributed by atoms with van der Waals surface area (Å²) in [5, 5.41) is 5.62. The molecule has 0 fully saturated rings. The van der Waals surface area contributed by atoms with Gasteiger partial charge in [0.1, 0.15) is 0 Å². The molecule has 0 aromatic heterocycles. The average Bonchev–Trinajstić information content (AvgIpc) is 2.36. The molecule has 100 valence electrons. The number of carbonyl (C=O) groups excluding carboxylic acids is 1. The topological polar surface area (TPSA) is 41.1 Å². The van der Waals surface area contributed by atoms with Crippen LogP contribution in [0.3, 0.4) is 0 Å². The second kappa shape index (κ2) is 7.27. The van der Waals surface area contributed by atoms with Gasteiger partial charge in [-0.2, -0.15) is 0 Å². The van der Waals surface area contributed by atoms with E-state index in [0.29, 0.717) is 11.8 Å². The van der Waals surface area contributed by atoms with Crippen LogP contribution in [0.25, 0.3) is 0 Å². The van der Waals surface area contributed by atoms with Gasteiger partial charge < -0.3 is 10.6 Å². The molecule has 0 saturated carbocycles. The first-order chi connectivity index (χ1) is 8.56. The molecule has 4 heteroatoms. The van der Waals surface area contributed by atoms with Gasteiger partial charge in [-0.15, -0.1) is 11.6 Å². The van der Waals surface area contributed by atoms with Crippen molar-refractivity contribution in [3.63, 3.8) is 0 Å². The zero-order valence-electron chi connectivity index (χ0n) is 11.2. The van der Waals surface area contributed by atoms with Crippen LogP contribution in [0, 0.1) is 0 Å². The van der Waals surface area contributed by atoms with Crippen molar-refractivity contribution in [1.82, 2.24) is 5.32 Å². The van der Waals surface area contributed by atoms with E-state index in [1.54, 1.807) is 0 Å². The van der Waals surface area contributed by atoms with Gasteiger partial charge >= 0.3 is 6.03 Å². The number of carbonyl (C=O) groups is 1. The summed E-state index contributed by atoms with van der Waals surface area (Å²) < 4.78 is 0. The monoisotopic (exact) mass is 268 g/mol. The van der Waals surface area contributed by atoms with Crippen LogP contribution in [0.1, 0.15) is 38.7 Å². The first kappa shape index (κ1) is 14.8. The van der Waals surface area contributed by atoms with Crippen molar-refractivity contribution in [2.45, 2.75) is 39.2 Å². The van der Waals surface area contributed by atoms with Crippen LogP contribution in [-0.4, -0.2) is 18.0 Å². The number of rotatable bonds is 5. The van der Waals surface area contributed by atoms with E-state index in [1.807, 2.05) is 31.2 Å². The second-order valence-electron chi connectivity index (χ2n) is 4.63. The Hall–Kier alpha value is -1.22. The number of amides is 2. The van der Waals surface area contributed by atoms with E-state index in [0.717, 1.165) is 12.1 Å². The molecule has 0 bridgehead atoms. The number of nitrogens with one attached hydrogen (secondary N) is 2. The summed E-state index contributed by atoms with van der Waals surface area (Å²) in [5.41, 5.74) is 2.05. The van der Waals surface area contributed by atoms with E-state index < -0.39 is 0 Å². The van der Waals surface area contributed by atoms with Gasteiger partial charge in [0, 0.05) is 17.6 Å². The molecular weight excluding hydrogens is 248 g/mol. The van der Waals surface area contributed by atoms with Gasteiger partial charge in [-0.25, -0.2) is 4.79 Å². The van der Waals surface area contributed by atoms with E-state index in [9.17, 15) is 4.79 Å². The van der Waals surface area contributed by atoms with E-state index >= 15 is 0 Å². The normalized spacial score (nSPS) is 12.3. The number of halogens is 1. The van der Waals surface area contributed by atoms with Crippen LogP contribution in [-0.2, 0) is 0 Å². The second-order valence-corrected chi connectivity index (χ2v) is 4.94. The largest absolute Gasteiger partial charge is 0.334 e. The Kier molecular flexibility index (Phi) is 5.99. The maximum Gasteiger partial charge on any atom is 0.319 e. The molecule has 0 radical (unpaired) electrons. The fourth-order valence-electron chi connectivity index (χ4n) is 1.55. The third-order valence-electron chi connectivity index (χ3n) is 2.85. The predicted octanol–water partition coefficient (Wildman–Crippen LogP) is 3.95. The third kappa shape index (κ3) is 4.57. The Morgan fingerprint density at radius 3 is 2.33 bits per heavy atom. The zero-order valence-corrected chi connectivity index (χ0v) is 11.9. The summed E-state index contributed by atoms with van der Waals surface area (Å²) in [4.78, 5) is 11.7. The molecule has 1 atom stereocenters. The summed E-state index contributed by atoms with van der Waals surface area (Å²) in [5.74, 6) is 0.921. The van der Waals surface area contributed by atoms with Crippen molar-refractivity contribution in [2.75, 3.05) is 11.2 Å². The van der Waals surface area contributed by atoms with Gasteiger partial charge in [0.15, 0.2) is 0 Å². The van der Waals surface area contributed by atoms with Crippen LogP contribution >= 0.6 is 11.6 Å². The number of benzene rings is 1. The highest BCUT2D eigenvalue weighted by Crippen LogP contribution is 2.17. The lowest BCUT2D eigenvalue weighted by atomic mass is 10.0. The Labute approximate surface area is 114 Å². The summed E-state index contributed by atoms with van der Waals surface area (Å²) in [6.45, 7) is 6.27. The van der Waals surface area contributed by atoms with E-state index in [4.69, 9.17) is 11.6 Å². The first-order valence-electron chi connectivity index (χ1n) is 6.30. The van der Waals surface area contributed by atoms with Crippen LogP contribution < -0.4 is 10.6 Å². The van der Waals surface area contributed by atoms with Gasteiger partial charge in [-0.1, -0.05) is 32.9 Å². The van der Waals surface area contributed by atoms with Gasteiger partial charge in [0.2, 0.25) is 0 Å². The molecular formula is C14H21ClN2O. The fourth-order valence-corrected chi connectivity index (χ4v) is 1.85. The molecule has 2 N–H and O–H groups in total. The van der Waals surface area contributed by atoms with Crippen molar-refractivity contribution in [3.8, 4) is 0 Å². The number of hydrogen-bond acceptors (Lipinski definition) is 1. The molecule has 0 aliphatic heterocycles. The molecule has 18 heavy (non-hydrogen) atoms. The minimum absolute atomic E-state index is 0.0154. The first-order valence-corrected chi connectivity index (χ1v) is 6.83. The summed E-state index contributed by atoms with van der Waals surface area (Å²) in [6, 6.07) is 7.69. The van der Waals surface area contributed by atoms with Gasteiger partial charge in [0.25, 0.3) is 0 Å². The minimum Gasteiger partial charge on any atom is -0.334 e. The summed E-state index contributed by atoms with van der Waals surface area (Å²) >= 11 is 5.73. The van der Waals surface area contributed by atoms with Gasteiger partial charge in [-0.3, -0.25) is 0 Å². The van der Waals surface area contributed by atoms with Crippen LogP contribution in [0.15, 0.2) is 24.3 Å². The highest BCUT2D eigenvalue weighted by molar-refractivity contribution is 6.18. The Balaban J connectivity index is 2.54. The molecule has 1 aromatic rings. The SMILES string of the molecule is CC[C@H](CCl)NC(=O)Nc1ccc(C(C)C)cc1. The number of urea groups is 1. The number of alkyl halides is 1. The maximum absolute atomic E-state index is 11.7. The lowest BCUT2D eigenvalue weighted by molar-refractivity contribution is 0.249. The van der Waals surface area contributed by atoms with Crippen molar-refractivity contribution in [2.24, 2.45) is 0 Å². The van der Waals surface area contributed by atoms with Crippen molar-refractivity contribution in [1.29, 1.82) is 0 Å². The highest BCUT2D eigenvalue weighted by Gasteiger charge is 2.09. The van der Waals surface area contributed by atoms with E-state index in [-0.39, 0.29) is 12.1 Å². The standard InChI is InChI=1S/C14H21ClN2O/c1-4-12(9-15)16-14(18)17-13-7-5-11(6-8-13)10(2)3/h5-8,10,12H,4,9H2,1-3H3,(H2,16,17,18)/t12-/m1/s1. The Bertz CT molecular complexity index is 372.